The number of carbonyl (C=O) groups excluding carboxylic acids is 1. The van der Waals surface area contributed by atoms with E-state index in [9.17, 15) is 4.79 Å². The molecule has 1 aliphatic heterocycles. The fourth-order valence-electron chi connectivity index (χ4n) is 2.32. The van der Waals surface area contributed by atoms with Gasteiger partial charge in [0.15, 0.2) is 0 Å². The van der Waals surface area contributed by atoms with Crippen molar-refractivity contribution in [2.75, 3.05) is 20.2 Å². The van der Waals surface area contributed by atoms with Gasteiger partial charge < -0.3 is 15.4 Å². The van der Waals surface area contributed by atoms with E-state index >= 15 is 0 Å². The number of amides is 1. The van der Waals surface area contributed by atoms with E-state index in [1.807, 2.05) is 24.3 Å². The lowest BCUT2D eigenvalue weighted by molar-refractivity contribution is -0.125. The average molecular weight is 248 g/mol. The molecule has 4 nitrogen and oxygen atoms in total. The summed E-state index contributed by atoms with van der Waals surface area (Å²) in [4.78, 5) is 12.0. The average Bonchev–Trinajstić information content (AvgIpc) is 2.82. The van der Waals surface area contributed by atoms with E-state index in [0.29, 0.717) is 12.5 Å². The summed E-state index contributed by atoms with van der Waals surface area (Å²) in [6, 6.07) is 7.74. The van der Waals surface area contributed by atoms with Crippen LogP contribution in [0.4, 0.5) is 0 Å². The molecule has 1 fully saturated rings. The van der Waals surface area contributed by atoms with Gasteiger partial charge >= 0.3 is 0 Å². The van der Waals surface area contributed by atoms with Crippen LogP contribution >= 0.6 is 0 Å². The van der Waals surface area contributed by atoms with Crippen LogP contribution in [-0.4, -0.2) is 26.1 Å². The Balaban J connectivity index is 1.93. The first-order valence-electron chi connectivity index (χ1n) is 6.32. The summed E-state index contributed by atoms with van der Waals surface area (Å²) in [5.41, 5.74) is 1.01. The lowest BCUT2D eigenvalue weighted by atomic mass is 9.97. The van der Waals surface area contributed by atoms with Crippen molar-refractivity contribution >= 4 is 5.91 Å². The molecule has 18 heavy (non-hydrogen) atoms. The molecule has 4 heteroatoms. The molecule has 1 aliphatic rings. The Labute approximate surface area is 108 Å². The summed E-state index contributed by atoms with van der Waals surface area (Å²) in [6.07, 6.45) is 0. The van der Waals surface area contributed by atoms with Crippen molar-refractivity contribution in [1.82, 2.24) is 10.6 Å². The first kappa shape index (κ1) is 12.9. The maximum Gasteiger partial charge on any atom is 0.224 e. The second kappa shape index (κ2) is 5.87. The van der Waals surface area contributed by atoms with E-state index in [-0.39, 0.29) is 11.8 Å². The molecule has 98 valence electrons. The number of methoxy groups -OCH3 is 1. The Kier molecular flexibility index (Phi) is 4.20. The highest BCUT2D eigenvalue weighted by Gasteiger charge is 2.29. The van der Waals surface area contributed by atoms with Crippen LogP contribution in [0.2, 0.25) is 0 Å². The fraction of sp³-hybridized carbons (Fsp3) is 0.500. The predicted octanol–water partition coefficient (Wildman–Crippen LogP) is 1.17. The standard InChI is InChI=1S/C14H20N2O2/c1-10-7-15-9-12(10)14(17)16-8-11-5-3-4-6-13(11)18-2/h3-6,10,12,15H,7-9H2,1-2H3,(H,16,17)/t10-,12-/m1/s1. The van der Waals surface area contributed by atoms with Crippen LogP contribution < -0.4 is 15.4 Å². The lowest BCUT2D eigenvalue weighted by Crippen LogP contribution is -2.33. The number of hydrogen-bond acceptors (Lipinski definition) is 3. The maximum atomic E-state index is 12.0. The summed E-state index contributed by atoms with van der Waals surface area (Å²) < 4.78 is 5.26. The molecule has 2 N–H and O–H groups in total. The Hall–Kier alpha value is -1.55. The Morgan fingerprint density at radius 1 is 1.44 bits per heavy atom. The molecule has 0 unspecified atom stereocenters. The van der Waals surface area contributed by atoms with E-state index in [1.165, 1.54) is 0 Å². The van der Waals surface area contributed by atoms with Crippen molar-refractivity contribution in [3.05, 3.63) is 29.8 Å². The van der Waals surface area contributed by atoms with Crippen molar-refractivity contribution in [3.8, 4) is 5.75 Å². The van der Waals surface area contributed by atoms with E-state index in [0.717, 1.165) is 24.4 Å². The van der Waals surface area contributed by atoms with E-state index in [1.54, 1.807) is 7.11 Å². The van der Waals surface area contributed by atoms with Crippen LogP contribution in [0.25, 0.3) is 0 Å². The summed E-state index contributed by atoms with van der Waals surface area (Å²) in [6.45, 7) is 4.32. The van der Waals surface area contributed by atoms with Gasteiger partial charge in [0.2, 0.25) is 5.91 Å². The lowest BCUT2D eigenvalue weighted by Gasteiger charge is -2.15. The molecular formula is C14H20N2O2. The van der Waals surface area contributed by atoms with Gasteiger partial charge in [0.25, 0.3) is 0 Å². The number of nitrogens with one attached hydrogen (secondary N) is 2. The first-order chi connectivity index (χ1) is 8.72. The van der Waals surface area contributed by atoms with Gasteiger partial charge in [0, 0.05) is 18.7 Å². The van der Waals surface area contributed by atoms with Gasteiger partial charge in [0.05, 0.1) is 13.0 Å². The third-order valence-electron chi connectivity index (χ3n) is 3.50. The minimum absolute atomic E-state index is 0.0831. The van der Waals surface area contributed by atoms with E-state index in [2.05, 4.69) is 17.6 Å². The van der Waals surface area contributed by atoms with Crippen LogP contribution in [0.3, 0.4) is 0 Å². The topological polar surface area (TPSA) is 50.4 Å². The van der Waals surface area contributed by atoms with E-state index < -0.39 is 0 Å². The highest BCUT2D eigenvalue weighted by atomic mass is 16.5. The smallest absolute Gasteiger partial charge is 0.224 e. The van der Waals surface area contributed by atoms with Gasteiger partial charge in [0.1, 0.15) is 5.75 Å². The molecule has 1 saturated heterocycles. The van der Waals surface area contributed by atoms with Crippen molar-refractivity contribution in [3.63, 3.8) is 0 Å². The zero-order valence-electron chi connectivity index (χ0n) is 10.9. The maximum absolute atomic E-state index is 12.0. The first-order valence-corrected chi connectivity index (χ1v) is 6.32. The number of hydrogen-bond donors (Lipinski definition) is 2. The molecule has 0 spiro atoms. The number of carbonyl (C=O) groups is 1. The normalized spacial score (nSPS) is 22.8. The molecule has 1 heterocycles. The highest BCUT2D eigenvalue weighted by Crippen LogP contribution is 2.18. The van der Waals surface area contributed by atoms with Gasteiger partial charge in [-0.1, -0.05) is 25.1 Å². The van der Waals surface area contributed by atoms with Crippen molar-refractivity contribution < 1.29 is 9.53 Å². The minimum Gasteiger partial charge on any atom is -0.496 e. The van der Waals surface area contributed by atoms with Crippen LogP contribution in [0.5, 0.6) is 5.75 Å². The molecule has 0 saturated carbocycles. The molecule has 1 aromatic rings. The van der Waals surface area contributed by atoms with Crippen LogP contribution in [0.15, 0.2) is 24.3 Å². The summed E-state index contributed by atoms with van der Waals surface area (Å²) in [5, 5.41) is 6.23. The molecule has 0 aliphatic carbocycles. The van der Waals surface area contributed by atoms with Crippen LogP contribution in [-0.2, 0) is 11.3 Å². The van der Waals surface area contributed by atoms with Gasteiger partial charge in [-0.3, -0.25) is 4.79 Å². The van der Waals surface area contributed by atoms with Gasteiger partial charge in [-0.15, -0.1) is 0 Å². The Morgan fingerprint density at radius 2 is 2.22 bits per heavy atom. The van der Waals surface area contributed by atoms with Crippen molar-refractivity contribution in [1.29, 1.82) is 0 Å². The van der Waals surface area contributed by atoms with Gasteiger partial charge in [-0.25, -0.2) is 0 Å². The van der Waals surface area contributed by atoms with Crippen LogP contribution in [0.1, 0.15) is 12.5 Å². The second-order valence-corrected chi connectivity index (χ2v) is 4.77. The molecular weight excluding hydrogens is 228 g/mol. The number of rotatable bonds is 4. The molecule has 2 rings (SSSR count). The monoisotopic (exact) mass is 248 g/mol. The predicted molar refractivity (Wildman–Crippen MR) is 70.4 cm³/mol. The molecule has 2 atom stereocenters. The SMILES string of the molecule is COc1ccccc1CNC(=O)[C@@H]1CNC[C@H]1C. The quantitative estimate of drug-likeness (QED) is 0.841. The molecule has 0 bridgehead atoms. The summed E-state index contributed by atoms with van der Waals surface area (Å²) in [5.74, 6) is 1.43. The van der Waals surface area contributed by atoms with Crippen molar-refractivity contribution in [2.24, 2.45) is 11.8 Å². The van der Waals surface area contributed by atoms with Gasteiger partial charge in [-0.05, 0) is 18.5 Å². The number of benzene rings is 1. The molecule has 0 radical (unpaired) electrons. The largest absolute Gasteiger partial charge is 0.496 e. The zero-order chi connectivity index (χ0) is 13.0. The summed E-state index contributed by atoms with van der Waals surface area (Å²) >= 11 is 0. The third kappa shape index (κ3) is 2.82. The Morgan fingerprint density at radius 3 is 2.89 bits per heavy atom. The number of para-hydroxylation sites is 1. The molecule has 0 aromatic heterocycles. The third-order valence-corrected chi connectivity index (χ3v) is 3.50. The zero-order valence-corrected chi connectivity index (χ0v) is 10.9. The second-order valence-electron chi connectivity index (χ2n) is 4.77. The Bertz CT molecular complexity index is 420. The minimum atomic E-state index is 0.0831. The molecule has 1 amide bonds. The summed E-state index contributed by atoms with van der Waals surface area (Å²) in [7, 11) is 1.64. The molecule has 1 aromatic carbocycles. The fourth-order valence-corrected chi connectivity index (χ4v) is 2.32. The van der Waals surface area contributed by atoms with Crippen molar-refractivity contribution in [2.45, 2.75) is 13.5 Å². The number of ether oxygens (including phenoxy) is 1. The van der Waals surface area contributed by atoms with Crippen LogP contribution in [0, 0.1) is 11.8 Å². The van der Waals surface area contributed by atoms with E-state index in [4.69, 9.17) is 4.74 Å². The highest BCUT2D eigenvalue weighted by molar-refractivity contribution is 5.79. The van der Waals surface area contributed by atoms with Gasteiger partial charge in [-0.2, -0.15) is 0 Å².